The Kier molecular flexibility index (Phi) is 3.75. The minimum atomic E-state index is -0.450. The van der Waals surface area contributed by atoms with Crippen LogP contribution in [0.15, 0.2) is 54.6 Å². The molecule has 7 nitrogen and oxygen atoms in total. The van der Waals surface area contributed by atoms with Crippen LogP contribution in [0.5, 0.6) is 0 Å². The number of benzene rings is 2. The molecule has 2 aromatic carbocycles. The van der Waals surface area contributed by atoms with Crippen molar-refractivity contribution in [1.82, 2.24) is 25.1 Å². The van der Waals surface area contributed by atoms with Crippen molar-refractivity contribution < 1.29 is 4.79 Å². The van der Waals surface area contributed by atoms with Gasteiger partial charge in [-0.2, -0.15) is 0 Å². The molecule has 5 rings (SSSR count). The van der Waals surface area contributed by atoms with Gasteiger partial charge in [0.25, 0.3) is 0 Å². The van der Waals surface area contributed by atoms with Crippen molar-refractivity contribution in [1.29, 1.82) is 0 Å². The Bertz CT molecular complexity index is 985. The predicted octanol–water partition coefficient (Wildman–Crippen LogP) is 1.82. The van der Waals surface area contributed by atoms with Crippen LogP contribution >= 0.6 is 0 Å². The maximum atomic E-state index is 12.7. The second kappa shape index (κ2) is 6.28. The number of rotatable bonds is 4. The van der Waals surface area contributed by atoms with E-state index in [9.17, 15) is 4.79 Å². The molecule has 1 fully saturated rings. The number of tetrazole rings is 1. The van der Waals surface area contributed by atoms with E-state index in [0.717, 1.165) is 35.6 Å². The van der Waals surface area contributed by atoms with Crippen LogP contribution < -0.4 is 5.32 Å². The number of hydrogen-bond acceptors (Lipinski definition) is 5. The van der Waals surface area contributed by atoms with E-state index in [1.54, 1.807) is 0 Å². The van der Waals surface area contributed by atoms with Gasteiger partial charge in [0.15, 0.2) is 5.82 Å². The second-order valence-electron chi connectivity index (χ2n) is 7.28. The number of nitrogens with one attached hydrogen (secondary N) is 1. The Balaban J connectivity index is 1.34. The molecule has 7 heteroatoms. The number of anilines is 1. The zero-order chi connectivity index (χ0) is 18.3. The summed E-state index contributed by atoms with van der Waals surface area (Å²) in [6.45, 7) is 2.82. The molecule has 0 radical (unpaired) electrons. The second-order valence-corrected chi connectivity index (χ2v) is 7.28. The highest BCUT2D eigenvalue weighted by Crippen LogP contribution is 2.44. The maximum absolute atomic E-state index is 12.7. The summed E-state index contributed by atoms with van der Waals surface area (Å²) in [5.74, 6) is 0.928. The summed E-state index contributed by atoms with van der Waals surface area (Å²) in [7, 11) is 0. The Morgan fingerprint density at radius 2 is 1.85 bits per heavy atom. The van der Waals surface area contributed by atoms with Crippen LogP contribution in [0.4, 0.5) is 5.69 Å². The third-order valence-electron chi connectivity index (χ3n) is 5.62. The summed E-state index contributed by atoms with van der Waals surface area (Å²) in [6, 6.07) is 18.2. The fourth-order valence-electron chi connectivity index (χ4n) is 4.22. The lowest BCUT2D eigenvalue weighted by atomic mass is 9.81. The average molecular weight is 360 g/mol. The van der Waals surface area contributed by atoms with Gasteiger partial charge in [-0.3, -0.25) is 9.69 Å². The van der Waals surface area contributed by atoms with Crippen molar-refractivity contribution in [3.63, 3.8) is 0 Å². The molecule has 1 spiro atoms. The Morgan fingerprint density at radius 3 is 2.74 bits per heavy atom. The lowest BCUT2D eigenvalue weighted by Crippen LogP contribution is -2.37. The topological polar surface area (TPSA) is 75.9 Å². The van der Waals surface area contributed by atoms with E-state index in [4.69, 9.17) is 0 Å². The lowest BCUT2D eigenvalue weighted by molar-refractivity contribution is -0.120. The summed E-state index contributed by atoms with van der Waals surface area (Å²) >= 11 is 0. The standard InChI is InChI=1S/C20H20N6O/c27-19-20(16-8-4-5-9-17(16)21-19)10-11-25(14-20)13-18-22-23-24-26(18)12-15-6-2-1-3-7-15/h1-9H,10-14H2,(H,21,27)/t20-/m0/s1. The summed E-state index contributed by atoms with van der Waals surface area (Å²) in [5.41, 5.74) is 2.77. The van der Waals surface area contributed by atoms with Crippen LogP contribution in [-0.4, -0.2) is 44.1 Å². The fraction of sp³-hybridized carbons (Fsp3) is 0.300. The van der Waals surface area contributed by atoms with Gasteiger partial charge >= 0.3 is 0 Å². The van der Waals surface area contributed by atoms with Crippen LogP contribution in [0, 0.1) is 0 Å². The van der Waals surface area contributed by atoms with E-state index in [2.05, 4.69) is 43.9 Å². The van der Waals surface area contributed by atoms with E-state index in [-0.39, 0.29) is 5.91 Å². The number of hydrogen-bond donors (Lipinski definition) is 1. The van der Waals surface area contributed by atoms with Crippen molar-refractivity contribution in [2.45, 2.75) is 24.9 Å². The molecule has 1 amide bonds. The molecule has 136 valence electrons. The van der Waals surface area contributed by atoms with Gasteiger partial charge in [0.05, 0.1) is 18.5 Å². The van der Waals surface area contributed by atoms with E-state index < -0.39 is 5.41 Å². The van der Waals surface area contributed by atoms with Crippen LogP contribution in [0.25, 0.3) is 0 Å². The molecule has 0 aliphatic carbocycles. The molecule has 2 aliphatic heterocycles. The molecule has 0 unspecified atom stereocenters. The number of carbonyl (C=O) groups excluding carboxylic acids is 1. The fourth-order valence-corrected chi connectivity index (χ4v) is 4.22. The molecular weight excluding hydrogens is 340 g/mol. The summed E-state index contributed by atoms with van der Waals surface area (Å²) < 4.78 is 1.84. The first-order chi connectivity index (χ1) is 13.2. The van der Waals surface area contributed by atoms with E-state index in [1.165, 1.54) is 0 Å². The highest BCUT2D eigenvalue weighted by Gasteiger charge is 2.50. The normalized spacial score (nSPS) is 21.6. The highest BCUT2D eigenvalue weighted by atomic mass is 16.2. The Hall–Kier alpha value is -3.06. The molecule has 1 atom stereocenters. The first kappa shape index (κ1) is 16.1. The van der Waals surface area contributed by atoms with Gasteiger partial charge in [-0.05, 0) is 34.0 Å². The third kappa shape index (κ3) is 2.71. The van der Waals surface area contributed by atoms with Gasteiger partial charge < -0.3 is 5.32 Å². The molecule has 1 aromatic heterocycles. The number of aromatic nitrogens is 4. The SMILES string of the molecule is O=C1Nc2ccccc2[C@@]12CCN(Cc1nnnn1Cc1ccccc1)C2. The number of carbonyl (C=O) groups is 1. The number of nitrogens with zero attached hydrogens (tertiary/aromatic N) is 5. The van der Waals surface area contributed by atoms with E-state index in [0.29, 0.717) is 19.6 Å². The van der Waals surface area contributed by atoms with Gasteiger partial charge in [0, 0.05) is 18.8 Å². The molecular formula is C20H20N6O. The van der Waals surface area contributed by atoms with E-state index in [1.807, 2.05) is 41.1 Å². The summed E-state index contributed by atoms with van der Waals surface area (Å²) in [5, 5.41) is 15.3. The van der Waals surface area contributed by atoms with E-state index >= 15 is 0 Å². The molecule has 2 aliphatic rings. The molecule has 27 heavy (non-hydrogen) atoms. The molecule has 0 bridgehead atoms. The minimum absolute atomic E-state index is 0.107. The average Bonchev–Trinajstić information content (AvgIpc) is 3.38. The smallest absolute Gasteiger partial charge is 0.236 e. The van der Waals surface area contributed by atoms with Crippen molar-refractivity contribution >= 4 is 11.6 Å². The van der Waals surface area contributed by atoms with Crippen LogP contribution in [0.1, 0.15) is 23.4 Å². The number of fused-ring (bicyclic) bond motifs is 2. The van der Waals surface area contributed by atoms with Crippen LogP contribution in [0.3, 0.4) is 0 Å². The van der Waals surface area contributed by atoms with Crippen molar-refractivity contribution in [3.8, 4) is 0 Å². The zero-order valence-electron chi connectivity index (χ0n) is 14.9. The summed E-state index contributed by atoms with van der Waals surface area (Å²) in [4.78, 5) is 15.0. The number of likely N-dealkylation sites (tertiary alicyclic amines) is 1. The highest BCUT2D eigenvalue weighted by molar-refractivity contribution is 6.06. The molecule has 3 aromatic rings. The first-order valence-corrected chi connectivity index (χ1v) is 9.17. The quantitative estimate of drug-likeness (QED) is 0.768. The number of amides is 1. The Labute approximate surface area is 157 Å². The van der Waals surface area contributed by atoms with Gasteiger partial charge in [-0.1, -0.05) is 48.5 Å². The van der Waals surface area contributed by atoms with Gasteiger partial charge in [-0.15, -0.1) is 5.10 Å². The molecule has 0 saturated carbocycles. The minimum Gasteiger partial charge on any atom is -0.325 e. The zero-order valence-corrected chi connectivity index (χ0v) is 14.9. The monoisotopic (exact) mass is 360 g/mol. The van der Waals surface area contributed by atoms with Crippen molar-refractivity contribution in [2.75, 3.05) is 18.4 Å². The molecule has 1 saturated heterocycles. The lowest BCUT2D eigenvalue weighted by Gasteiger charge is -2.22. The predicted molar refractivity (Wildman–Crippen MR) is 100 cm³/mol. The van der Waals surface area contributed by atoms with Gasteiger partial charge in [0.2, 0.25) is 5.91 Å². The first-order valence-electron chi connectivity index (χ1n) is 9.17. The van der Waals surface area contributed by atoms with Crippen LogP contribution in [-0.2, 0) is 23.3 Å². The Morgan fingerprint density at radius 1 is 1.04 bits per heavy atom. The van der Waals surface area contributed by atoms with Gasteiger partial charge in [0.1, 0.15) is 0 Å². The third-order valence-corrected chi connectivity index (χ3v) is 5.62. The largest absolute Gasteiger partial charge is 0.325 e. The van der Waals surface area contributed by atoms with Gasteiger partial charge in [-0.25, -0.2) is 4.68 Å². The molecule has 1 N–H and O–H groups in total. The maximum Gasteiger partial charge on any atom is 0.236 e. The van der Waals surface area contributed by atoms with Crippen LogP contribution in [0.2, 0.25) is 0 Å². The number of para-hydroxylation sites is 1. The van der Waals surface area contributed by atoms with Crippen molar-refractivity contribution in [3.05, 3.63) is 71.5 Å². The summed E-state index contributed by atoms with van der Waals surface area (Å²) in [6.07, 6.45) is 0.816. The van der Waals surface area contributed by atoms with Crippen molar-refractivity contribution in [2.24, 2.45) is 0 Å². The molecule has 3 heterocycles.